The van der Waals surface area contributed by atoms with Crippen LogP contribution in [0.15, 0.2) is 97.1 Å². The van der Waals surface area contributed by atoms with Gasteiger partial charge in [0.2, 0.25) is 11.8 Å². The van der Waals surface area contributed by atoms with Crippen molar-refractivity contribution in [3.05, 3.63) is 131 Å². The third-order valence-corrected chi connectivity index (χ3v) is 16.5. The molecule has 3 saturated heterocycles. The highest BCUT2D eigenvalue weighted by Crippen LogP contribution is 2.47. The molecule has 1 unspecified atom stereocenters. The molecule has 0 saturated carbocycles. The first-order valence-electron chi connectivity index (χ1n) is 29.2. The molecule has 20 heteroatoms. The highest BCUT2D eigenvalue weighted by molar-refractivity contribution is 5.97. The minimum Gasteiger partial charge on any atom is -0.461 e. The maximum atomic E-state index is 16.3. The standard InChI is InChI=1S/C65H75F2N5O13/c1-36(2)50(33-55(76)80-34-42-17-11-9-12-18-42)62(77)70-27-15-21-46(70)31-51-48-25-23-44(66)29-53(48)68-57(51)58-52(32-47-22-16-28-71(47)63(78)56(37(3)4)69-65(79)81-35-43-19-13-10-14-20-43)49-26-24-45(67)30-54(49)72(58)64-61(85-41(8)75)60(84-40(7)74)59(38(5)82-64)83-39(6)73/h9-14,17-20,23-26,29-30,36-38,46-47,50,56,59-61,64,68H,15-16,21-22,27-28,31-35H2,1-8H3,(H,69,79)/t38-,46?,47-,50-,56-,59+,60+,61-,64-/m0/s1. The fraction of sp³-hybridized carbons (Fsp3) is 0.462. The lowest BCUT2D eigenvalue weighted by Crippen LogP contribution is -2.58. The molecule has 3 fully saturated rings. The van der Waals surface area contributed by atoms with E-state index in [1.165, 1.54) is 31.2 Å². The lowest BCUT2D eigenvalue weighted by atomic mass is 9.90. The first-order chi connectivity index (χ1) is 40.7. The number of fused-ring (bicyclic) bond motifs is 2. The number of likely N-dealkylation sites (tertiary alicyclic amines) is 2. The van der Waals surface area contributed by atoms with Crippen LogP contribution < -0.4 is 5.32 Å². The van der Waals surface area contributed by atoms with Crippen molar-refractivity contribution in [1.29, 1.82) is 0 Å². The predicted molar refractivity (Wildman–Crippen MR) is 310 cm³/mol. The van der Waals surface area contributed by atoms with Gasteiger partial charge in [-0.1, -0.05) is 88.4 Å². The second-order valence-corrected chi connectivity index (χ2v) is 23.2. The zero-order valence-corrected chi connectivity index (χ0v) is 49.3. The van der Waals surface area contributed by atoms with E-state index in [9.17, 15) is 28.8 Å². The molecule has 9 atom stereocenters. The molecule has 0 spiro atoms. The monoisotopic (exact) mass is 1170 g/mol. The molecule has 5 heterocycles. The van der Waals surface area contributed by atoms with Crippen molar-refractivity contribution in [3.8, 4) is 11.4 Å². The van der Waals surface area contributed by atoms with Crippen molar-refractivity contribution in [2.45, 2.75) is 162 Å². The van der Waals surface area contributed by atoms with E-state index in [1.54, 1.807) is 28.5 Å². The molecule has 3 aliphatic heterocycles. The molecule has 0 radical (unpaired) electrons. The Hall–Kier alpha value is -8.13. The summed E-state index contributed by atoms with van der Waals surface area (Å²) >= 11 is 0. The van der Waals surface area contributed by atoms with Crippen LogP contribution in [0.4, 0.5) is 13.6 Å². The van der Waals surface area contributed by atoms with Crippen molar-refractivity contribution in [2.75, 3.05) is 13.1 Å². The smallest absolute Gasteiger partial charge is 0.408 e. The number of hydrogen-bond acceptors (Lipinski definition) is 13. The molecule has 6 aromatic rings. The average Bonchev–Trinajstić information content (AvgIpc) is 1.68. The summed E-state index contributed by atoms with van der Waals surface area (Å²) in [6, 6.07) is 25.0. The molecule has 3 amide bonds. The number of aromatic amines is 1. The summed E-state index contributed by atoms with van der Waals surface area (Å²) in [5, 5.41) is 3.91. The van der Waals surface area contributed by atoms with Gasteiger partial charge in [-0.05, 0) is 116 Å². The van der Waals surface area contributed by atoms with Gasteiger partial charge in [0.25, 0.3) is 0 Å². The quantitative estimate of drug-likeness (QED) is 0.0538. The Kier molecular flexibility index (Phi) is 19.4. The first-order valence-corrected chi connectivity index (χ1v) is 29.2. The van der Waals surface area contributed by atoms with E-state index in [2.05, 4.69) is 10.3 Å². The Morgan fingerprint density at radius 2 is 1.19 bits per heavy atom. The van der Waals surface area contributed by atoms with Gasteiger partial charge in [0.1, 0.15) is 30.9 Å². The number of rotatable bonds is 20. The Bertz CT molecular complexity index is 3420. The molecule has 85 heavy (non-hydrogen) atoms. The van der Waals surface area contributed by atoms with Gasteiger partial charge < -0.3 is 53.1 Å². The van der Waals surface area contributed by atoms with Crippen LogP contribution in [0.3, 0.4) is 0 Å². The van der Waals surface area contributed by atoms with Crippen molar-refractivity contribution >= 4 is 63.6 Å². The number of alkyl carbamates (subject to hydrolysis) is 1. The second-order valence-electron chi connectivity index (χ2n) is 23.2. The van der Waals surface area contributed by atoms with Crippen LogP contribution in [-0.4, -0.2) is 117 Å². The summed E-state index contributed by atoms with van der Waals surface area (Å²) in [6.07, 6.45) is -5.14. The summed E-state index contributed by atoms with van der Waals surface area (Å²) in [6.45, 7) is 13.3. The summed E-state index contributed by atoms with van der Waals surface area (Å²) in [7, 11) is 0. The van der Waals surface area contributed by atoms with Crippen LogP contribution in [0.1, 0.15) is 116 Å². The molecule has 2 aromatic heterocycles. The average molecular weight is 1170 g/mol. The van der Waals surface area contributed by atoms with E-state index in [0.29, 0.717) is 77.6 Å². The summed E-state index contributed by atoms with van der Waals surface area (Å²) in [5.74, 6) is -5.96. The maximum Gasteiger partial charge on any atom is 0.408 e. The van der Waals surface area contributed by atoms with Gasteiger partial charge in [0.15, 0.2) is 24.5 Å². The van der Waals surface area contributed by atoms with Gasteiger partial charge in [-0.3, -0.25) is 28.8 Å². The Morgan fingerprint density at radius 3 is 1.78 bits per heavy atom. The minimum absolute atomic E-state index is 0.0127. The number of H-pyrrole nitrogens is 1. The third kappa shape index (κ3) is 14.0. The molecule has 0 bridgehead atoms. The Morgan fingerprint density at radius 1 is 0.647 bits per heavy atom. The molecule has 3 aliphatic rings. The second kappa shape index (κ2) is 26.8. The van der Waals surface area contributed by atoms with Gasteiger partial charge >= 0.3 is 30.0 Å². The van der Waals surface area contributed by atoms with Crippen LogP contribution in [-0.2, 0) is 83.2 Å². The van der Waals surface area contributed by atoms with Crippen LogP contribution >= 0.6 is 0 Å². The van der Waals surface area contributed by atoms with Gasteiger partial charge in [0.05, 0.1) is 35.3 Å². The van der Waals surface area contributed by atoms with E-state index in [0.717, 1.165) is 25.0 Å². The fourth-order valence-electron chi connectivity index (χ4n) is 12.5. The maximum absolute atomic E-state index is 16.3. The summed E-state index contributed by atoms with van der Waals surface area (Å²) in [4.78, 5) is 103. The van der Waals surface area contributed by atoms with Gasteiger partial charge in [0, 0.05) is 62.2 Å². The molecule has 9 rings (SSSR count). The van der Waals surface area contributed by atoms with E-state index >= 15 is 13.6 Å². The lowest BCUT2D eigenvalue weighted by Gasteiger charge is -2.44. The summed E-state index contributed by atoms with van der Waals surface area (Å²) in [5.41, 5.74) is 4.15. The zero-order valence-electron chi connectivity index (χ0n) is 49.3. The van der Waals surface area contributed by atoms with E-state index in [4.69, 9.17) is 28.4 Å². The lowest BCUT2D eigenvalue weighted by molar-refractivity contribution is -0.258. The van der Waals surface area contributed by atoms with E-state index < -0.39 is 96.3 Å². The first kappa shape index (κ1) is 61.4. The number of ether oxygens (including phenoxy) is 6. The predicted octanol–water partition coefficient (Wildman–Crippen LogP) is 10.2. The van der Waals surface area contributed by atoms with E-state index in [1.807, 2.05) is 93.3 Å². The molecule has 2 N–H and O–H groups in total. The van der Waals surface area contributed by atoms with Crippen molar-refractivity contribution in [2.24, 2.45) is 17.8 Å². The SMILES string of the molecule is CC(=O)O[C@@H]1[C@H](OC(C)=O)[C@H](C)O[C@H](n2c(-c3[nH]c4cc(F)ccc4c3CC3CCCN3C(=O)[C@@H](CC(=O)OCc3ccccc3)C(C)C)c(C[C@@H]3CCCN3C(=O)[C@@H](NC(=O)OCc3ccccc3)C(C)C)c3ccc(F)cc32)[C@H]1OC(C)=O. The number of aromatic nitrogens is 2. The highest BCUT2D eigenvalue weighted by atomic mass is 19.1. The third-order valence-electron chi connectivity index (χ3n) is 16.5. The van der Waals surface area contributed by atoms with E-state index in [-0.39, 0.29) is 61.6 Å². The number of nitrogens with one attached hydrogen (secondary N) is 2. The molecular formula is C65H75F2N5O13. The molecule has 0 aliphatic carbocycles. The number of carbonyl (C=O) groups excluding carboxylic acids is 7. The van der Waals surface area contributed by atoms with Crippen molar-refractivity contribution in [3.63, 3.8) is 0 Å². The van der Waals surface area contributed by atoms with Gasteiger partial charge in [-0.2, -0.15) is 0 Å². The number of amides is 3. The molecule has 18 nitrogen and oxygen atoms in total. The highest BCUT2D eigenvalue weighted by Gasteiger charge is 2.52. The van der Waals surface area contributed by atoms with Crippen LogP contribution in [0.25, 0.3) is 33.2 Å². The Labute approximate surface area is 492 Å². The number of carbonyl (C=O) groups is 7. The fourth-order valence-corrected chi connectivity index (χ4v) is 12.5. The zero-order chi connectivity index (χ0) is 60.8. The Balaban J connectivity index is 1.18. The number of hydrogen-bond donors (Lipinski definition) is 2. The summed E-state index contributed by atoms with van der Waals surface area (Å²) < 4.78 is 69.5. The van der Waals surface area contributed by atoms with Gasteiger partial charge in [-0.25, -0.2) is 13.6 Å². The van der Waals surface area contributed by atoms with Crippen molar-refractivity contribution in [1.82, 2.24) is 24.7 Å². The van der Waals surface area contributed by atoms with Crippen LogP contribution in [0, 0.1) is 29.4 Å². The minimum atomic E-state index is -1.56. The van der Waals surface area contributed by atoms with Crippen LogP contribution in [0.2, 0.25) is 0 Å². The number of esters is 4. The normalized spacial score (nSPS) is 21.2. The molecule has 4 aromatic carbocycles. The topological polar surface area (TPSA) is 214 Å². The number of nitrogens with zero attached hydrogens (tertiary/aromatic N) is 3. The molecule has 452 valence electrons. The molecular weight excluding hydrogens is 1100 g/mol. The van der Waals surface area contributed by atoms with Crippen molar-refractivity contribution < 1.29 is 70.8 Å². The largest absolute Gasteiger partial charge is 0.461 e. The van der Waals surface area contributed by atoms with Gasteiger partial charge in [-0.15, -0.1) is 0 Å². The van der Waals surface area contributed by atoms with Crippen LogP contribution in [0.5, 0.6) is 0 Å². The number of halogens is 2. The number of benzene rings is 4.